The van der Waals surface area contributed by atoms with Crippen molar-refractivity contribution in [2.75, 3.05) is 11.9 Å². The van der Waals surface area contributed by atoms with Crippen molar-refractivity contribution < 1.29 is 14.3 Å². The van der Waals surface area contributed by atoms with Crippen molar-refractivity contribution in [1.29, 1.82) is 0 Å². The number of hydrogen-bond donors (Lipinski definition) is 1. The van der Waals surface area contributed by atoms with Gasteiger partial charge in [-0.25, -0.2) is 4.79 Å². The molecule has 5 heteroatoms. The van der Waals surface area contributed by atoms with Crippen LogP contribution in [0.25, 0.3) is 0 Å². The normalized spacial score (nSPS) is 20.4. The Morgan fingerprint density at radius 1 is 1.13 bits per heavy atom. The summed E-state index contributed by atoms with van der Waals surface area (Å²) in [4.78, 5) is 26.8. The monoisotopic (exact) mass is 425 g/mol. The Kier molecular flexibility index (Phi) is 5.75. The van der Waals surface area contributed by atoms with Crippen molar-refractivity contribution in [3.05, 3.63) is 51.4 Å². The molecule has 2 aliphatic rings. The zero-order chi connectivity index (χ0) is 21.5. The molecule has 0 bridgehead atoms. The third kappa shape index (κ3) is 4.18. The van der Waals surface area contributed by atoms with E-state index in [-0.39, 0.29) is 29.1 Å². The van der Waals surface area contributed by atoms with Crippen LogP contribution in [0.15, 0.2) is 24.3 Å². The number of carbonyl (C=O) groups is 2. The first-order chi connectivity index (χ1) is 14.3. The van der Waals surface area contributed by atoms with Crippen LogP contribution in [0.4, 0.5) is 5.00 Å². The fourth-order valence-corrected chi connectivity index (χ4v) is 5.64. The molecule has 0 spiro atoms. The maximum Gasteiger partial charge on any atom is 0.341 e. The number of anilines is 1. The lowest BCUT2D eigenvalue weighted by Gasteiger charge is -2.19. The molecule has 1 heterocycles. The van der Waals surface area contributed by atoms with Gasteiger partial charge in [0.2, 0.25) is 5.91 Å². The van der Waals surface area contributed by atoms with Gasteiger partial charge < -0.3 is 10.1 Å². The van der Waals surface area contributed by atoms with Gasteiger partial charge in [0, 0.05) is 10.8 Å². The highest BCUT2D eigenvalue weighted by Gasteiger charge is 2.44. The van der Waals surface area contributed by atoms with Gasteiger partial charge in [-0.3, -0.25) is 4.79 Å². The van der Waals surface area contributed by atoms with E-state index >= 15 is 0 Å². The molecule has 4 nitrogen and oxygen atoms in total. The van der Waals surface area contributed by atoms with Gasteiger partial charge in [-0.1, -0.05) is 45.0 Å². The summed E-state index contributed by atoms with van der Waals surface area (Å²) >= 11 is 1.56. The predicted molar refractivity (Wildman–Crippen MR) is 122 cm³/mol. The van der Waals surface area contributed by atoms with Crippen molar-refractivity contribution in [3.8, 4) is 0 Å². The van der Waals surface area contributed by atoms with E-state index in [9.17, 15) is 9.59 Å². The fourth-order valence-electron chi connectivity index (χ4n) is 4.36. The van der Waals surface area contributed by atoms with Crippen molar-refractivity contribution in [2.24, 2.45) is 5.92 Å². The van der Waals surface area contributed by atoms with E-state index in [2.05, 4.69) is 50.4 Å². The maximum atomic E-state index is 13.0. The molecular weight excluding hydrogens is 394 g/mol. The first-order valence-corrected chi connectivity index (χ1v) is 11.8. The number of esters is 1. The van der Waals surface area contributed by atoms with E-state index in [0.29, 0.717) is 17.2 Å². The summed E-state index contributed by atoms with van der Waals surface area (Å²) in [7, 11) is 0. The first kappa shape index (κ1) is 21.1. The second-order valence-corrected chi connectivity index (χ2v) is 10.6. The Morgan fingerprint density at radius 3 is 2.50 bits per heavy atom. The van der Waals surface area contributed by atoms with Gasteiger partial charge in [-0.2, -0.15) is 0 Å². The maximum absolute atomic E-state index is 13.0. The molecule has 1 aromatic carbocycles. The molecule has 2 aromatic rings. The second kappa shape index (κ2) is 8.18. The van der Waals surface area contributed by atoms with E-state index in [1.165, 1.54) is 16.0 Å². The number of carbonyl (C=O) groups excluding carboxylic acids is 2. The quantitative estimate of drug-likeness (QED) is 0.612. The van der Waals surface area contributed by atoms with Crippen LogP contribution in [-0.4, -0.2) is 18.5 Å². The number of thiophene rings is 1. The Hall–Kier alpha value is -2.14. The minimum absolute atomic E-state index is 0.0176. The molecule has 2 aliphatic carbocycles. The van der Waals surface area contributed by atoms with E-state index in [4.69, 9.17) is 4.74 Å². The topological polar surface area (TPSA) is 55.4 Å². The van der Waals surface area contributed by atoms with Gasteiger partial charge in [0.15, 0.2) is 0 Å². The van der Waals surface area contributed by atoms with Crippen molar-refractivity contribution in [2.45, 2.75) is 71.1 Å². The molecule has 1 N–H and O–H groups in total. The van der Waals surface area contributed by atoms with Crippen LogP contribution in [0.2, 0.25) is 0 Å². The molecule has 0 radical (unpaired) electrons. The van der Waals surface area contributed by atoms with E-state index in [1.54, 1.807) is 11.3 Å². The van der Waals surface area contributed by atoms with Gasteiger partial charge in [-0.15, -0.1) is 11.3 Å². The van der Waals surface area contributed by atoms with Gasteiger partial charge in [0.05, 0.1) is 12.2 Å². The van der Waals surface area contributed by atoms with Gasteiger partial charge >= 0.3 is 5.97 Å². The fraction of sp³-hybridized carbons (Fsp3) is 0.520. The van der Waals surface area contributed by atoms with Crippen LogP contribution < -0.4 is 5.32 Å². The number of ether oxygens (including phenoxy) is 1. The summed E-state index contributed by atoms with van der Waals surface area (Å²) in [6.45, 7) is 8.77. The van der Waals surface area contributed by atoms with E-state index in [1.807, 2.05) is 6.92 Å². The summed E-state index contributed by atoms with van der Waals surface area (Å²) in [5.41, 5.74) is 4.33. The molecule has 1 saturated carbocycles. The minimum atomic E-state index is -0.308. The molecule has 0 aliphatic heterocycles. The van der Waals surface area contributed by atoms with Crippen LogP contribution in [0, 0.1) is 5.92 Å². The van der Waals surface area contributed by atoms with E-state index in [0.717, 1.165) is 37.7 Å². The summed E-state index contributed by atoms with van der Waals surface area (Å²) in [6, 6.07) is 8.67. The average molecular weight is 426 g/mol. The molecule has 1 amide bonds. The lowest BCUT2D eigenvalue weighted by molar-refractivity contribution is -0.117. The van der Waals surface area contributed by atoms with Crippen LogP contribution in [0.5, 0.6) is 0 Å². The van der Waals surface area contributed by atoms with Crippen molar-refractivity contribution >= 4 is 28.2 Å². The molecule has 30 heavy (non-hydrogen) atoms. The molecule has 1 aromatic heterocycles. The van der Waals surface area contributed by atoms with Gasteiger partial charge in [0.1, 0.15) is 5.00 Å². The highest BCUT2D eigenvalue weighted by Crippen LogP contribution is 2.49. The van der Waals surface area contributed by atoms with Gasteiger partial charge in [-0.05, 0) is 67.1 Å². The zero-order valence-electron chi connectivity index (χ0n) is 18.3. The first-order valence-electron chi connectivity index (χ1n) is 11.0. The number of fused-ring (bicyclic) bond motifs is 1. The average Bonchev–Trinajstić information content (AvgIpc) is 3.42. The van der Waals surface area contributed by atoms with Crippen LogP contribution >= 0.6 is 11.3 Å². The molecule has 1 fully saturated rings. The van der Waals surface area contributed by atoms with Crippen molar-refractivity contribution in [3.63, 3.8) is 0 Å². The lowest BCUT2D eigenvalue weighted by Crippen LogP contribution is -2.17. The number of rotatable bonds is 5. The SMILES string of the molecule is CCOC(=O)c1c(NC(=O)[C@@H]2C[C@@H]2c2ccc(C(C)(C)C)cc2)sc2c1CCCC2. The van der Waals surface area contributed by atoms with Crippen LogP contribution in [0.3, 0.4) is 0 Å². The molecule has 2 atom stereocenters. The third-order valence-corrected chi connectivity index (χ3v) is 7.43. The van der Waals surface area contributed by atoms with Gasteiger partial charge in [0.25, 0.3) is 0 Å². The number of aryl methyl sites for hydroxylation is 1. The molecular formula is C25H31NO3S. The van der Waals surface area contributed by atoms with E-state index < -0.39 is 0 Å². The Labute approximate surface area is 183 Å². The highest BCUT2D eigenvalue weighted by atomic mass is 32.1. The number of benzene rings is 1. The molecule has 4 rings (SSSR count). The Balaban J connectivity index is 1.49. The Bertz CT molecular complexity index is 952. The zero-order valence-corrected chi connectivity index (χ0v) is 19.2. The summed E-state index contributed by atoms with van der Waals surface area (Å²) in [6.07, 6.45) is 4.95. The molecule has 160 valence electrons. The highest BCUT2D eigenvalue weighted by molar-refractivity contribution is 7.17. The summed E-state index contributed by atoms with van der Waals surface area (Å²) in [5, 5.41) is 3.76. The standard InChI is InChI=1S/C25H31NO3S/c1-5-29-24(28)21-17-8-6-7-9-20(17)30-23(21)26-22(27)19-14-18(19)15-10-12-16(13-11-15)25(2,3)4/h10-13,18-19H,5-9,14H2,1-4H3,(H,26,27)/t18-,19-/m1/s1. The molecule has 0 saturated heterocycles. The summed E-state index contributed by atoms with van der Waals surface area (Å²) < 4.78 is 5.30. The predicted octanol–water partition coefficient (Wildman–Crippen LogP) is 5.84. The number of nitrogens with one attached hydrogen (secondary N) is 1. The number of hydrogen-bond acceptors (Lipinski definition) is 4. The Morgan fingerprint density at radius 2 is 1.83 bits per heavy atom. The van der Waals surface area contributed by atoms with Crippen LogP contribution in [-0.2, 0) is 27.8 Å². The van der Waals surface area contributed by atoms with Crippen molar-refractivity contribution in [1.82, 2.24) is 0 Å². The minimum Gasteiger partial charge on any atom is -0.462 e. The lowest BCUT2D eigenvalue weighted by atomic mass is 9.86. The summed E-state index contributed by atoms with van der Waals surface area (Å²) in [5.74, 6) is -0.0549. The smallest absolute Gasteiger partial charge is 0.341 e. The number of amides is 1. The molecule has 0 unspecified atom stereocenters. The largest absolute Gasteiger partial charge is 0.462 e. The van der Waals surface area contributed by atoms with Crippen LogP contribution in [0.1, 0.15) is 84.8 Å². The second-order valence-electron chi connectivity index (χ2n) is 9.45. The third-order valence-electron chi connectivity index (χ3n) is 6.22.